The summed E-state index contributed by atoms with van der Waals surface area (Å²) in [5.74, 6) is 0. The van der Waals surface area contributed by atoms with Crippen molar-refractivity contribution in [3.8, 4) is 0 Å². The molecule has 92 valence electrons. The molecular weight excluding hydrogens is 318 g/mol. The van der Waals surface area contributed by atoms with E-state index < -0.39 is 12.6 Å². The number of rotatable bonds is 9. The number of hydrogen-bond acceptors (Lipinski definition) is 1. The van der Waals surface area contributed by atoms with Crippen LogP contribution in [0.25, 0.3) is 0 Å². The van der Waals surface area contributed by atoms with E-state index >= 15 is 0 Å². The van der Waals surface area contributed by atoms with Crippen molar-refractivity contribution in [2.45, 2.75) is 44.7 Å². The smallest absolute Gasteiger partial charge is 0.317 e. The molecule has 0 aliphatic carbocycles. The van der Waals surface area contributed by atoms with E-state index in [4.69, 9.17) is 0 Å². The fourth-order valence-electron chi connectivity index (χ4n) is 1.24. The molecule has 15 heavy (non-hydrogen) atoms. The van der Waals surface area contributed by atoms with Crippen molar-refractivity contribution in [3.63, 3.8) is 0 Å². The molecule has 0 aromatic heterocycles. The molecule has 0 aromatic carbocycles. The van der Waals surface area contributed by atoms with E-state index in [9.17, 15) is 13.2 Å². The zero-order valence-electron chi connectivity index (χ0n) is 8.88. The van der Waals surface area contributed by atoms with Crippen molar-refractivity contribution in [1.29, 1.82) is 0 Å². The zero-order valence-corrected chi connectivity index (χ0v) is 11.0. The van der Waals surface area contributed by atoms with Crippen LogP contribution in [-0.4, -0.2) is 23.7 Å². The first-order chi connectivity index (χ1) is 7.06. The lowest BCUT2D eigenvalue weighted by molar-refractivity contribution is -0.135. The molecule has 0 heterocycles. The molecule has 0 saturated carbocycles. The van der Waals surface area contributed by atoms with E-state index in [1.165, 1.54) is 23.7 Å². The first-order valence-electron chi connectivity index (χ1n) is 5.39. The van der Waals surface area contributed by atoms with Crippen molar-refractivity contribution in [3.05, 3.63) is 0 Å². The normalized spacial score (nSPS) is 12.0. The van der Waals surface area contributed by atoms with Crippen LogP contribution in [0.1, 0.15) is 38.5 Å². The van der Waals surface area contributed by atoms with Gasteiger partial charge in [0.05, 0.1) is 0 Å². The summed E-state index contributed by atoms with van der Waals surface area (Å²) in [6.07, 6.45) is 0.244. The van der Waals surface area contributed by atoms with Gasteiger partial charge < -0.3 is 5.32 Å². The van der Waals surface area contributed by atoms with Crippen LogP contribution in [0, 0.1) is 0 Å². The third-order valence-corrected chi connectivity index (χ3v) is 2.81. The largest absolute Gasteiger partial charge is 0.389 e. The second kappa shape index (κ2) is 9.69. The number of halogens is 4. The molecule has 0 aliphatic heterocycles. The molecule has 1 N–H and O–H groups in total. The van der Waals surface area contributed by atoms with E-state index in [1.807, 2.05) is 0 Å². The standard InChI is InChI=1S/C10H19F3IN/c11-10(12,13)6-5-9-15-8-4-2-1-3-7-14/h15H,1-9H2. The second-order valence-corrected chi connectivity index (χ2v) is 4.65. The number of nitrogens with one attached hydrogen (secondary N) is 1. The van der Waals surface area contributed by atoms with Gasteiger partial charge in [-0.25, -0.2) is 0 Å². The predicted molar refractivity (Wildman–Crippen MR) is 65.5 cm³/mol. The molecule has 5 heteroatoms. The second-order valence-electron chi connectivity index (χ2n) is 3.57. The molecule has 1 nitrogen and oxygen atoms in total. The molecule has 0 rings (SSSR count). The summed E-state index contributed by atoms with van der Waals surface area (Å²) in [7, 11) is 0. The van der Waals surface area contributed by atoms with Crippen molar-refractivity contribution in [2.24, 2.45) is 0 Å². The molecule has 0 radical (unpaired) electrons. The first kappa shape index (κ1) is 15.5. The Morgan fingerprint density at radius 1 is 0.867 bits per heavy atom. The maximum atomic E-state index is 11.7. The van der Waals surface area contributed by atoms with E-state index in [0.29, 0.717) is 6.54 Å². The fourth-order valence-corrected chi connectivity index (χ4v) is 1.78. The Morgan fingerprint density at radius 2 is 1.47 bits per heavy atom. The minimum absolute atomic E-state index is 0.192. The molecule has 0 aliphatic rings. The summed E-state index contributed by atoms with van der Waals surface area (Å²) in [5, 5.41) is 3.03. The average molecular weight is 337 g/mol. The lowest BCUT2D eigenvalue weighted by atomic mass is 10.2. The number of alkyl halides is 4. The van der Waals surface area contributed by atoms with Crippen LogP contribution in [-0.2, 0) is 0 Å². The molecular formula is C10H19F3IN. The van der Waals surface area contributed by atoms with Gasteiger partial charge >= 0.3 is 6.18 Å². The summed E-state index contributed by atoms with van der Waals surface area (Å²) < 4.78 is 36.4. The summed E-state index contributed by atoms with van der Waals surface area (Å²) >= 11 is 2.35. The van der Waals surface area contributed by atoms with E-state index in [2.05, 4.69) is 27.9 Å². The van der Waals surface area contributed by atoms with Crippen LogP contribution in [0.4, 0.5) is 13.2 Å². The van der Waals surface area contributed by atoms with Gasteiger partial charge in [0.15, 0.2) is 0 Å². The lowest BCUT2D eigenvalue weighted by Gasteiger charge is -2.07. The minimum atomic E-state index is -4.00. The van der Waals surface area contributed by atoms with Gasteiger partial charge in [-0.1, -0.05) is 35.4 Å². The molecule has 0 atom stereocenters. The third-order valence-electron chi connectivity index (χ3n) is 2.05. The van der Waals surface area contributed by atoms with Gasteiger partial charge in [0, 0.05) is 6.42 Å². The van der Waals surface area contributed by atoms with Crippen LogP contribution in [0.15, 0.2) is 0 Å². The van der Waals surface area contributed by atoms with Crippen LogP contribution < -0.4 is 5.32 Å². The quantitative estimate of drug-likeness (QED) is 0.382. The Morgan fingerprint density at radius 3 is 2.07 bits per heavy atom. The van der Waals surface area contributed by atoms with Crippen molar-refractivity contribution in [1.82, 2.24) is 5.32 Å². The van der Waals surface area contributed by atoms with Gasteiger partial charge in [-0.2, -0.15) is 13.2 Å². The Hall–Kier alpha value is 0.480. The molecule has 0 bridgehead atoms. The van der Waals surface area contributed by atoms with Crippen LogP contribution in [0.5, 0.6) is 0 Å². The molecule has 0 fully saturated rings. The molecule has 0 spiro atoms. The Bertz CT molecular complexity index is 139. The molecule has 0 unspecified atom stereocenters. The van der Waals surface area contributed by atoms with E-state index in [0.717, 1.165) is 13.0 Å². The summed E-state index contributed by atoms with van der Waals surface area (Å²) in [6.45, 7) is 1.32. The van der Waals surface area contributed by atoms with E-state index in [-0.39, 0.29) is 6.42 Å². The van der Waals surface area contributed by atoms with Gasteiger partial charge in [-0.3, -0.25) is 0 Å². The average Bonchev–Trinajstić information content (AvgIpc) is 2.14. The molecule has 0 amide bonds. The van der Waals surface area contributed by atoms with Crippen molar-refractivity contribution >= 4 is 22.6 Å². The third kappa shape index (κ3) is 14.5. The topological polar surface area (TPSA) is 12.0 Å². The van der Waals surface area contributed by atoms with Crippen molar-refractivity contribution < 1.29 is 13.2 Å². The monoisotopic (exact) mass is 337 g/mol. The highest BCUT2D eigenvalue weighted by Crippen LogP contribution is 2.20. The van der Waals surface area contributed by atoms with Crippen LogP contribution in [0.3, 0.4) is 0 Å². The highest BCUT2D eigenvalue weighted by Gasteiger charge is 2.25. The zero-order chi connectivity index (χ0) is 11.6. The number of hydrogen-bond donors (Lipinski definition) is 1. The Kier molecular flexibility index (Phi) is 10.00. The highest BCUT2D eigenvalue weighted by atomic mass is 127. The van der Waals surface area contributed by atoms with Gasteiger partial charge in [0.1, 0.15) is 0 Å². The van der Waals surface area contributed by atoms with Crippen LogP contribution in [0.2, 0.25) is 0 Å². The lowest BCUT2D eigenvalue weighted by Crippen LogP contribution is -2.19. The summed E-state index contributed by atoms with van der Waals surface area (Å²) in [4.78, 5) is 0. The minimum Gasteiger partial charge on any atom is -0.317 e. The highest BCUT2D eigenvalue weighted by molar-refractivity contribution is 14.1. The summed E-state index contributed by atoms with van der Waals surface area (Å²) in [6, 6.07) is 0. The van der Waals surface area contributed by atoms with Gasteiger partial charge in [0.2, 0.25) is 0 Å². The fraction of sp³-hybridized carbons (Fsp3) is 1.00. The number of unbranched alkanes of at least 4 members (excludes halogenated alkanes) is 3. The predicted octanol–water partition coefficient (Wildman–Crippen LogP) is 3.91. The van der Waals surface area contributed by atoms with Gasteiger partial charge in [-0.05, 0) is 36.8 Å². The Labute approximate surface area is 103 Å². The molecule has 0 saturated heterocycles. The van der Waals surface area contributed by atoms with Crippen molar-refractivity contribution in [2.75, 3.05) is 17.5 Å². The van der Waals surface area contributed by atoms with Crippen LogP contribution >= 0.6 is 22.6 Å². The molecule has 0 aromatic rings. The Balaban J connectivity index is 2.99. The van der Waals surface area contributed by atoms with Gasteiger partial charge in [-0.15, -0.1) is 0 Å². The SMILES string of the molecule is FC(F)(F)CCCNCCCCCCI. The summed E-state index contributed by atoms with van der Waals surface area (Å²) in [5.41, 5.74) is 0. The van der Waals surface area contributed by atoms with E-state index in [1.54, 1.807) is 0 Å². The maximum absolute atomic E-state index is 11.7. The first-order valence-corrected chi connectivity index (χ1v) is 6.92. The van der Waals surface area contributed by atoms with Gasteiger partial charge in [0.25, 0.3) is 0 Å². The maximum Gasteiger partial charge on any atom is 0.389 e.